The highest BCUT2D eigenvalue weighted by Gasteiger charge is 2.36. The Bertz CT molecular complexity index is 738. The highest BCUT2D eigenvalue weighted by atomic mass is 19.4. The molecule has 2 heterocycles. The number of nitrogens with one attached hydrogen (secondary N) is 2. The van der Waals surface area contributed by atoms with Crippen molar-refractivity contribution >= 4 is 11.8 Å². The predicted molar refractivity (Wildman–Crippen MR) is 97.1 cm³/mol. The zero-order valence-electron chi connectivity index (χ0n) is 15.7. The molecular weight excluding hydrogens is 391 g/mol. The summed E-state index contributed by atoms with van der Waals surface area (Å²) in [5.41, 5.74) is -1.11. The topological polar surface area (TPSA) is 90.9 Å². The molecule has 3 N–H and O–H groups in total. The number of carbonyl (C=O) groups excluding carboxylic acids is 2. The maximum Gasteiger partial charge on any atom is 0.416 e. The van der Waals surface area contributed by atoms with E-state index in [-0.39, 0.29) is 5.56 Å². The number of benzene rings is 1. The number of amides is 2. The van der Waals surface area contributed by atoms with Crippen LogP contribution < -0.4 is 10.6 Å². The van der Waals surface area contributed by atoms with E-state index in [0.717, 1.165) is 31.0 Å². The largest absolute Gasteiger partial charge is 0.416 e. The molecule has 1 aromatic carbocycles. The quantitative estimate of drug-likeness (QED) is 0.661. The molecule has 2 amide bonds. The molecule has 0 aromatic heterocycles. The Balaban J connectivity index is 1.48. The molecule has 29 heavy (non-hydrogen) atoms. The van der Waals surface area contributed by atoms with E-state index in [9.17, 15) is 27.9 Å². The third-order valence-electron chi connectivity index (χ3n) is 5.23. The van der Waals surface area contributed by atoms with Gasteiger partial charge in [-0.25, -0.2) is 0 Å². The van der Waals surface area contributed by atoms with Crippen LogP contribution in [0.3, 0.4) is 0 Å². The maximum atomic E-state index is 12.7. The van der Waals surface area contributed by atoms with Gasteiger partial charge in [-0.15, -0.1) is 0 Å². The van der Waals surface area contributed by atoms with Crippen LogP contribution in [0, 0.1) is 0 Å². The fourth-order valence-electron chi connectivity index (χ4n) is 3.66. The minimum absolute atomic E-state index is 0.181. The Labute approximate surface area is 166 Å². The second-order valence-electron chi connectivity index (χ2n) is 7.30. The third-order valence-corrected chi connectivity index (χ3v) is 5.23. The van der Waals surface area contributed by atoms with Crippen LogP contribution >= 0.6 is 0 Å². The number of ether oxygens (including phenoxy) is 1. The molecule has 0 unspecified atom stereocenters. The van der Waals surface area contributed by atoms with E-state index in [1.165, 1.54) is 6.07 Å². The van der Waals surface area contributed by atoms with Gasteiger partial charge < -0.3 is 20.5 Å². The molecule has 2 aliphatic rings. The molecule has 10 heteroatoms. The van der Waals surface area contributed by atoms with Crippen molar-refractivity contribution in [1.82, 2.24) is 15.5 Å². The van der Waals surface area contributed by atoms with Crippen molar-refractivity contribution in [3.63, 3.8) is 0 Å². The zero-order valence-corrected chi connectivity index (χ0v) is 15.7. The lowest BCUT2D eigenvalue weighted by Gasteiger charge is -2.30. The fraction of sp³-hybridized carbons (Fsp3) is 0.579. The lowest BCUT2D eigenvalue weighted by atomic mass is 10.1. The van der Waals surface area contributed by atoms with Crippen molar-refractivity contribution in [2.75, 3.05) is 32.8 Å². The van der Waals surface area contributed by atoms with Crippen molar-refractivity contribution in [3.8, 4) is 0 Å². The van der Waals surface area contributed by atoms with Crippen molar-refractivity contribution in [2.45, 2.75) is 37.2 Å². The molecule has 2 aliphatic heterocycles. The van der Waals surface area contributed by atoms with Crippen molar-refractivity contribution in [3.05, 3.63) is 35.4 Å². The molecule has 0 spiro atoms. The molecule has 0 aliphatic carbocycles. The van der Waals surface area contributed by atoms with Gasteiger partial charge in [-0.1, -0.05) is 6.07 Å². The van der Waals surface area contributed by atoms with Gasteiger partial charge in [0, 0.05) is 37.9 Å². The van der Waals surface area contributed by atoms with E-state index >= 15 is 0 Å². The van der Waals surface area contributed by atoms with Gasteiger partial charge in [-0.2, -0.15) is 13.2 Å². The number of aliphatic hydroxyl groups excluding tert-OH is 1. The van der Waals surface area contributed by atoms with E-state index in [1.54, 1.807) is 0 Å². The molecular formula is C19H24F3N3O4. The van der Waals surface area contributed by atoms with Crippen LogP contribution in [0.5, 0.6) is 0 Å². The Kier molecular flexibility index (Phi) is 6.76. The van der Waals surface area contributed by atoms with Crippen LogP contribution in [0.4, 0.5) is 13.2 Å². The normalized spacial score (nSPS) is 23.7. The van der Waals surface area contributed by atoms with Crippen LogP contribution in [0.1, 0.15) is 28.8 Å². The summed E-state index contributed by atoms with van der Waals surface area (Å²) in [5.74, 6) is -1.29. The van der Waals surface area contributed by atoms with Crippen molar-refractivity contribution in [1.29, 1.82) is 0 Å². The molecule has 2 saturated heterocycles. The van der Waals surface area contributed by atoms with Gasteiger partial charge in [-0.05, 0) is 31.0 Å². The third kappa shape index (κ3) is 5.68. The molecule has 2 fully saturated rings. The summed E-state index contributed by atoms with van der Waals surface area (Å²) in [6, 6.07) is 3.83. The first-order chi connectivity index (χ1) is 13.7. The van der Waals surface area contributed by atoms with Gasteiger partial charge in [0.05, 0.1) is 24.3 Å². The number of alkyl halides is 3. The monoisotopic (exact) mass is 415 g/mol. The summed E-state index contributed by atoms with van der Waals surface area (Å²) in [5, 5.41) is 15.2. The second-order valence-corrected chi connectivity index (χ2v) is 7.30. The van der Waals surface area contributed by atoms with Gasteiger partial charge >= 0.3 is 6.18 Å². The number of β-amino-alcohol motifs (C(OH)–C–C–N with tert-alkyl or cyclic N) is 1. The number of aliphatic hydroxyl groups is 1. The zero-order chi connectivity index (χ0) is 21.0. The summed E-state index contributed by atoms with van der Waals surface area (Å²) in [4.78, 5) is 26.3. The maximum absolute atomic E-state index is 12.7. The molecule has 0 saturated carbocycles. The van der Waals surface area contributed by atoms with Gasteiger partial charge in [-0.3, -0.25) is 14.5 Å². The van der Waals surface area contributed by atoms with Crippen LogP contribution in [0.2, 0.25) is 0 Å². The lowest BCUT2D eigenvalue weighted by Crippen LogP contribution is -2.47. The van der Waals surface area contributed by atoms with E-state index in [2.05, 4.69) is 15.5 Å². The van der Waals surface area contributed by atoms with Crippen molar-refractivity contribution < 1.29 is 32.6 Å². The highest BCUT2D eigenvalue weighted by molar-refractivity contribution is 5.96. The van der Waals surface area contributed by atoms with Gasteiger partial charge in [0.1, 0.15) is 0 Å². The van der Waals surface area contributed by atoms with Gasteiger partial charge in [0.15, 0.2) is 0 Å². The molecule has 160 valence electrons. The van der Waals surface area contributed by atoms with E-state index in [0.29, 0.717) is 32.3 Å². The number of hydrogen-bond acceptors (Lipinski definition) is 5. The minimum atomic E-state index is -4.55. The number of carbonyl (C=O) groups is 2. The van der Waals surface area contributed by atoms with Gasteiger partial charge in [0.25, 0.3) is 5.91 Å². The average molecular weight is 415 g/mol. The Hall–Kier alpha value is -2.17. The summed E-state index contributed by atoms with van der Waals surface area (Å²) in [6.07, 6.45) is -3.52. The minimum Gasteiger partial charge on any atom is -0.390 e. The van der Waals surface area contributed by atoms with Crippen LogP contribution in [-0.2, 0) is 15.7 Å². The summed E-state index contributed by atoms with van der Waals surface area (Å²) >= 11 is 0. The molecule has 1 aromatic rings. The number of hydrogen-bond donors (Lipinski definition) is 3. The fourth-order valence-corrected chi connectivity index (χ4v) is 3.66. The second kappa shape index (κ2) is 9.10. The number of nitrogens with zero attached hydrogens (tertiary/aromatic N) is 1. The van der Waals surface area contributed by atoms with E-state index < -0.39 is 42.2 Å². The van der Waals surface area contributed by atoms with Crippen LogP contribution in [-0.4, -0.2) is 72.9 Å². The lowest BCUT2D eigenvalue weighted by molar-refractivity contribution is -0.137. The van der Waals surface area contributed by atoms with Crippen LogP contribution in [0.15, 0.2) is 24.3 Å². The Morgan fingerprint density at radius 3 is 2.62 bits per heavy atom. The highest BCUT2D eigenvalue weighted by Crippen LogP contribution is 2.29. The molecule has 0 bridgehead atoms. The SMILES string of the molecule is O=C(CNC(=O)c1cccc(C(F)(F)F)c1)N[C@@H]1CN(C2CCOCC2)C[C@H]1O. The van der Waals surface area contributed by atoms with Crippen molar-refractivity contribution in [2.24, 2.45) is 0 Å². The number of halogens is 3. The molecule has 7 nitrogen and oxygen atoms in total. The molecule has 3 rings (SSSR count). The first kappa shape index (κ1) is 21.5. The van der Waals surface area contributed by atoms with Crippen LogP contribution in [0.25, 0.3) is 0 Å². The van der Waals surface area contributed by atoms with Gasteiger partial charge in [0.2, 0.25) is 5.91 Å². The Morgan fingerprint density at radius 2 is 1.93 bits per heavy atom. The first-order valence-corrected chi connectivity index (χ1v) is 9.48. The predicted octanol–water partition coefficient (Wildman–Crippen LogP) is 0.775. The smallest absolute Gasteiger partial charge is 0.390 e. The average Bonchev–Trinajstić information content (AvgIpc) is 3.06. The summed E-state index contributed by atoms with van der Waals surface area (Å²) in [6.45, 7) is 1.91. The standard InChI is InChI=1S/C19H24F3N3O4/c20-19(21,22)13-3-1-2-12(8-13)18(28)23-9-17(27)24-15-10-25(11-16(15)26)14-4-6-29-7-5-14/h1-3,8,14-16,26H,4-7,9-11H2,(H,23,28)(H,24,27)/t15-,16-/m1/s1. The summed E-state index contributed by atoms with van der Waals surface area (Å²) in [7, 11) is 0. The first-order valence-electron chi connectivity index (χ1n) is 9.48. The molecule has 2 atom stereocenters. The Morgan fingerprint density at radius 1 is 1.21 bits per heavy atom. The van der Waals surface area contributed by atoms with E-state index in [1.807, 2.05) is 0 Å². The van der Waals surface area contributed by atoms with E-state index in [4.69, 9.17) is 4.74 Å². The molecule has 0 radical (unpaired) electrons. The number of rotatable bonds is 5. The summed E-state index contributed by atoms with van der Waals surface area (Å²) < 4.78 is 43.6. The number of likely N-dealkylation sites (tertiary alicyclic amines) is 1.